The molecular formula is C16H29N5. The van der Waals surface area contributed by atoms with E-state index >= 15 is 0 Å². The second-order valence-corrected chi connectivity index (χ2v) is 6.98. The second-order valence-electron chi connectivity index (χ2n) is 6.98. The van der Waals surface area contributed by atoms with Crippen LogP contribution in [0.25, 0.3) is 0 Å². The molecule has 2 unspecified atom stereocenters. The van der Waals surface area contributed by atoms with Crippen molar-refractivity contribution in [2.75, 3.05) is 13.1 Å². The van der Waals surface area contributed by atoms with Crippen molar-refractivity contribution in [3.8, 4) is 0 Å². The fourth-order valence-electron chi connectivity index (χ4n) is 3.99. The molecule has 1 N–H and O–H groups in total. The van der Waals surface area contributed by atoms with Crippen LogP contribution in [0.15, 0.2) is 6.33 Å². The van der Waals surface area contributed by atoms with Crippen LogP contribution in [-0.4, -0.2) is 44.3 Å². The number of aryl methyl sites for hydroxylation is 1. The van der Waals surface area contributed by atoms with Crippen molar-refractivity contribution in [3.05, 3.63) is 12.2 Å². The number of hydrogen-bond donors (Lipinski definition) is 1. The molecule has 2 atom stereocenters. The van der Waals surface area contributed by atoms with Gasteiger partial charge in [-0.3, -0.25) is 9.58 Å². The predicted octanol–water partition coefficient (Wildman–Crippen LogP) is 1.95. The molecule has 1 aromatic heterocycles. The lowest BCUT2D eigenvalue weighted by molar-refractivity contribution is 0.0211. The molecule has 1 aliphatic carbocycles. The van der Waals surface area contributed by atoms with E-state index in [4.69, 9.17) is 0 Å². The molecular weight excluding hydrogens is 262 g/mol. The number of hydrogen-bond acceptors (Lipinski definition) is 4. The largest absolute Gasteiger partial charge is 0.311 e. The fourth-order valence-corrected chi connectivity index (χ4v) is 3.99. The molecule has 0 bridgehead atoms. The molecule has 3 rings (SSSR count). The van der Waals surface area contributed by atoms with Crippen LogP contribution in [0.1, 0.15) is 51.8 Å². The maximum absolute atomic E-state index is 4.44. The minimum absolute atomic E-state index is 0.357. The number of nitrogens with zero attached hydrogens (tertiary/aromatic N) is 4. The molecule has 0 aromatic carbocycles. The van der Waals surface area contributed by atoms with Crippen LogP contribution in [0, 0.1) is 5.92 Å². The molecule has 2 heterocycles. The minimum atomic E-state index is 0.357. The Morgan fingerprint density at radius 3 is 2.81 bits per heavy atom. The molecule has 0 radical (unpaired) electrons. The number of nitrogens with one attached hydrogen (secondary N) is 1. The predicted molar refractivity (Wildman–Crippen MR) is 83.9 cm³/mol. The van der Waals surface area contributed by atoms with Crippen molar-refractivity contribution in [1.82, 2.24) is 25.0 Å². The van der Waals surface area contributed by atoms with Crippen molar-refractivity contribution >= 4 is 0 Å². The first kappa shape index (κ1) is 15.0. The molecule has 1 saturated carbocycles. The van der Waals surface area contributed by atoms with Gasteiger partial charge in [-0.2, -0.15) is 5.10 Å². The molecule has 21 heavy (non-hydrogen) atoms. The van der Waals surface area contributed by atoms with Crippen LogP contribution >= 0.6 is 0 Å². The van der Waals surface area contributed by atoms with Crippen LogP contribution in [0.4, 0.5) is 0 Å². The SMILES string of the molecule is CCC(C)C1CN(Cc2ncnn2C)C2(CCCC2)CN1. The lowest BCUT2D eigenvalue weighted by Gasteiger charge is -2.49. The van der Waals surface area contributed by atoms with Gasteiger partial charge in [0.15, 0.2) is 0 Å². The lowest BCUT2D eigenvalue weighted by Crippen LogP contribution is -2.64. The van der Waals surface area contributed by atoms with Crippen molar-refractivity contribution in [2.45, 2.75) is 64.1 Å². The Balaban J connectivity index is 1.78. The standard InChI is InChI=1S/C16H29N5/c1-4-13(2)14-9-21(10-15-18-12-19-20(15)3)16(11-17-14)7-5-6-8-16/h12-14,17H,4-11H2,1-3H3. The van der Waals surface area contributed by atoms with E-state index in [2.05, 4.69) is 34.1 Å². The van der Waals surface area contributed by atoms with Gasteiger partial charge in [-0.15, -0.1) is 0 Å². The zero-order valence-corrected chi connectivity index (χ0v) is 13.7. The molecule has 1 aromatic rings. The highest BCUT2D eigenvalue weighted by Crippen LogP contribution is 2.38. The Kier molecular flexibility index (Phi) is 4.31. The van der Waals surface area contributed by atoms with Gasteiger partial charge < -0.3 is 5.32 Å². The Hall–Kier alpha value is -0.940. The van der Waals surface area contributed by atoms with Gasteiger partial charge in [0.2, 0.25) is 0 Å². The maximum Gasteiger partial charge on any atom is 0.140 e. The third-order valence-corrected chi connectivity index (χ3v) is 5.78. The first-order valence-corrected chi connectivity index (χ1v) is 8.46. The molecule has 118 valence electrons. The highest BCUT2D eigenvalue weighted by Gasteiger charge is 2.44. The third kappa shape index (κ3) is 2.86. The van der Waals surface area contributed by atoms with E-state index in [0.29, 0.717) is 11.6 Å². The molecule has 1 aliphatic heterocycles. The number of piperazine rings is 1. The van der Waals surface area contributed by atoms with E-state index in [9.17, 15) is 0 Å². The van der Waals surface area contributed by atoms with Gasteiger partial charge in [0.05, 0.1) is 6.54 Å². The van der Waals surface area contributed by atoms with Gasteiger partial charge in [0.1, 0.15) is 12.2 Å². The summed E-state index contributed by atoms with van der Waals surface area (Å²) in [5.74, 6) is 1.82. The van der Waals surface area contributed by atoms with E-state index < -0.39 is 0 Å². The summed E-state index contributed by atoms with van der Waals surface area (Å²) >= 11 is 0. The van der Waals surface area contributed by atoms with E-state index in [1.165, 1.54) is 32.1 Å². The third-order valence-electron chi connectivity index (χ3n) is 5.78. The molecule has 1 spiro atoms. The van der Waals surface area contributed by atoms with Crippen LogP contribution in [-0.2, 0) is 13.6 Å². The topological polar surface area (TPSA) is 46.0 Å². The van der Waals surface area contributed by atoms with E-state index in [1.807, 2.05) is 11.7 Å². The van der Waals surface area contributed by atoms with Gasteiger partial charge in [0.25, 0.3) is 0 Å². The smallest absolute Gasteiger partial charge is 0.140 e. The van der Waals surface area contributed by atoms with Crippen molar-refractivity contribution in [2.24, 2.45) is 13.0 Å². The molecule has 0 amide bonds. The molecule has 5 heteroatoms. The minimum Gasteiger partial charge on any atom is -0.311 e. The normalized spacial score (nSPS) is 27.3. The first-order valence-electron chi connectivity index (χ1n) is 8.46. The Labute approximate surface area is 128 Å². The van der Waals surface area contributed by atoms with E-state index in [0.717, 1.165) is 31.4 Å². The summed E-state index contributed by atoms with van der Waals surface area (Å²) in [5, 5.41) is 8.07. The first-order chi connectivity index (χ1) is 10.1. The maximum atomic E-state index is 4.44. The average molecular weight is 291 g/mol. The van der Waals surface area contributed by atoms with Gasteiger partial charge in [-0.1, -0.05) is 33.1 Å². The quantitative estimate of drug-likeness (QED) is 0.921. The number of rotatable bonds is 4. The highest BCUT2D eigenvalue weighted by atomic mass is 15.4. The van der Waals surface area contributed by atoms with E-state index in [-0.39, 0.29) is 0 Å². The molecule has 2 aliphatic rings. The van der Waals surface area contributed by atoms with Crippen LogP contribution in [0.3, 0.4) is 0 Å². The highest BCUT2D eigenvalue weighted by molar-refractivity contribution is 5.04. The summed E-state index contributed by atoms with van der Waals surface area (Å²) in [6.45, 7) is 7.87. The van der Waals surface area contributed by atoms with E-state index in [1.54, 1.807) is 6.33 Å². The fraction of sp³-hybridized carbons (Fsp3) is 0.875. The summed E-state index contributed by atoms with van der Waals surface area (Å²) in [6, 6.07) is 0.606. The summed E-state index contributed by atoms with van der Waals surface area (Å²) in [5.41, 5.74) is 0.357. The monoisotopic (exact) mass is 291 g/mol. The van der Waals surface area contributed by atoms with Gasteiger partial charge in [-0.05, 0) is 18.8 Å². The summed E-state index contributed by atoms with van der Waals surface area (Å²) in [6.07, 6.45) is 8.29. The zero-order chi connectivity index (χ0) is 14.9. The average Bonchev–Trinajstić information content (AvgIpc) is 3.11. The summed E-state index contributed by atoms with van der Waals surface area (Å²) in [4.78, 5) is 7.15. The molecule has 1 saturated heterocycles. The van der Waals surface area contributed by atoms with Gasteiger partial charge in [0, 0.05) is 31.7 Å². The summed E-state index contributed by atoms with van der Waals surface area (Å²) in [7, 11) is 2.00. The summed E-state index contributed by atoms with van der Waals surface area (Å²) < 4.78 is 1.92. The van der Waals surface area contributed by atoms with Gasteiger partial charge in [-0.25, -0.2) is 4.98 Å². The second kappa shape index (κ2) is 6.05. The Morgan fingerprint density at radius 2 is 2.19 bits per heavy atom. The lowest BCUT2D eigenvalue weighted by atomic mass is 9.87. The van der Waals surface area contributed by atoms with Gasteiger partial charge >= 0.3 is 0 Å². The zero-order valence-electron chi connectivity index (χ0n) is 13.7. The Morgan fingerprint density at radius 1 is 1.43 bits per heavy atom. The molecule has 5 nitrogen and oxygen atoms in total. The number of aromatic nitrogens is 3. The van der Waals surface area contributed by atoms with Crippen molar-refractivity contribution in [1.29, 1.82) is 0 Å². The van der Waals surface area contributed by atoms with Crippen LogP contribution in [0.5, 0.6) is 0 Å². The Bertz CT molecular complexity index is 463. The van der Waals surface area contributed by atoms with Crippen molar-refractivity contribution in [3.63, 3.8) is 0 Å². The molecule has 2 fully saturated rings. The van der Waals surface area contributed by atoms with Crippen LogP contribution < -0.4 is 5.32 Å². The van der Waals surface area contributed by atoms with Crippen molar-refractivity contribution < 1.29 is 0 Å². The van der Waals surface area contributed by atoms with Crippen LogP contribution in [0.2, 0.25) is 0 Å².